The number of amides is 5. The number of urea groups is 1. The van der Waals surface area contributed by atoms with Gasteiger partial charge in [0.1, 0.15) is 12.3 Å². The van der Waals surface area contributed by atoms with Gasteiger partial charge in [-0.25, -0.2) is 4.79 Å². The monoisotopic (exact) mass is 472 g/mol. The van der Waals surface area contributed by atoms with Crippen molar-refractivity contribution in [3.05, 3.63) is 24.3 Å². The summed E-state index contributed by atoms with van der Waals surface area (Å²) in [5.74, 6) is -0.262. The van der Waals surface area contributed by atoms with Crippen LogP contribution in [0.25, 0.3) is 0 Å². The molecule has 2 fully saturated rings. The summed E-state index contributed by atoms with van der Waals surface area (Å²) in [7, 11) is 1.53. The predicted octanol–water partition coefficient (Wildman–Crippen LogP) is 3.15. The van der Waals surface area contributed by atoms with Crippen LogP contribution in [0.3, 0.4) is 0 Å². The Morgan fingerprint density at radius 1 is 1.09 bits per heavy atom. The van der Waals surface area contributed by atoms with Crippen LogP contribution in [0.2, 0.25) is 0 Å². The number of hydrogen-bond donors (Lipinski definition) is 2. The van der Waals surface area contributed by atoms with E-state index in [-0.39, 0.29) is 48.8 Å². The Bertz CT molecular complexity index is 903. The van der Waals surface area contributed by atoms with Crippen LogP contribution in [0, 0.1) is 5.92 Å². The summed E-state index contributed by atoms with van der Waals surface area (Å²) in [6.07, 6.45) is 4.77. The molecule has 2 aliphatic rings. The number of unbranched alkanes of at least 4 members (excludes halogenated alkanes) is 1. The average Bonchev–Trinajstić information content (AvgIpc) is 2.81. The lowest BCUT2D eigenvalue weighted by atomic mass is 9.81. The lowest BCUT2D eigenvalue weighted by Gasteiger charge is -2.46. The van der Waals surface area contributed by atoms with E-state index in [1.807, 2.05) is 19.9 Å². The lowest BCUT2D eigenvalue weighted by molar-refractivity contribution is -0.141. The maximum absolute atomic E-state index is 13.3. The fourth-order valence-corrected chi connectivity index (χ4v) is 4.80. The third-order valence-electron chi connectivity index (χ3n) is 6.37. The van der Waals surface area contributed by atoms with Crippen molar-refractivity contribution < 1.29 is 23.9 Å². The number of carbonyl (C=O) groups excluding carboxylic acids is 4. The quantitative estimate of drug-likeness (QED) is 0.509. The van der Waals surface area contributed by atoms with Crippen molar-refractivity contribution in [1.82, 2.24) is 15.1 Å². The summed E-state index contributed by atoms with van der Waals surface area (Å²) in [5.41, 5.74) is 0.534. The van der Waals surface area contributed by atoms with Gasteiger partial charge in [-0.2, -0.15) is 0 Å². The molecule has 186 valence electrons. The van der Waals surface area contributed by atoms with Crippen molar-refractivity contribution in [2.45, 2.75) is 70.9 Å². The first-order chi connectivity index (χ1) is 16.3. The second-order valence-electron chi connectivity index (χ2n) is 9.29. The molecule has 34 heavy (non-hydrogen) atoms. The highest BCUT2D eigenvalue weighted by Gasteiger charge is 2.47. The van der Waals surface area contributed by atoms with Crippen molar-refractivity contribution in [3.63, 3.8) is 0 Å². The number of rotatable bonds is 10. The Labute approximate surface area is 201 Å². The molecule has 1 aliphatic heterocycles. The summed E-state index contributed by atoms with van der Waals surface area (Å²) in [6, 6.07) is 6.50. The summed E-state index contributed by atoms with van der Waals surface area (Å²) in [5, 5.41) is 5.67. The van der Waals surface area contributed by atoms with Gasteiger partial charge in [0.05, 0.1) is 18.7 Å². The van der Waals surface area contributed by atoms with Crippen molar-refractivity contribution in [3.8, 4) is 5.75 Å². The van der Waals surface area contributed by atoms with Gasteiger partial charge in [-0.05, 0) is 51.7 Å². The number of anilines is 1. The van der Waals surface area contributed by atoms with Gasteiger partial charge in [-0.3, -0.25) is 19.3 Å². The average molecular weight is 473 g/mol. The zero-order valence-corrected chi connectivity index (χ0v) is 20.3. The van der Waals surface area contributed by atoms with Gasteiger partial charge in [0, 0.05) is 25.0 Å². The fourth-order valence-electron chi connectivity index (χ4n) is 4.80. The number of ether oxygens (including phenoxy) is 1. The molecule has 2 unspecified atom stereocenters. The Morgan fingerprint density at radius 3 is 2.56 bits per heavy atom. The number of nitrogens with zero attached hydrogens (tertiary/aromatic N) is 2. The van der Waals surface area contributed by atoms with E-state index >= 15 is 0 Å². The zero-order chi connectivity index (χ0) is 24.7. The molecule has 9 nitrogen and oxygen atoms in total. The summed E-state index contributed by atoms with van der Waals surface area (Å²) in [6.45, 7) is 3.93. The second kappa shape index (κ2) is 11.9. The van der Waals surface area contributed by atoms with E-state index in [0.717, 1.165) is 12.8 Å². The van der Waals surface area contributed by atoms with Crippen molar-refractivity contribution >= 4 is 29.4 Å². The number of nitrogens with one attached hydrogen (secondary N) is 2. The van der Waals surface area contributed by atoms with Gasteiger partial charge >= 0.3 is 6.03 Å². The van der Waals surface area contributed by atoms with Crippen molar-refractivity contribution in [2.75, 3.05) is 25.5 Å². The predicted molar refractivity (Wildman–Crippen MR) is 128 cm³/mol. The van der Waals surface area contributed by atoms with Crippen LogP contribution >= 0.6 is 0 Å². The number of benzene rings is 1. The molecule has 5 amide bonds. The van der Waals surface area contributed by atoms with Crippen molar-refractivity contribution in [2.24, 2.45) is 5.92 Å². The van der Waals surface area contributed by atoms with E-state index in [4.69, 9.17) is 4.74 Å². The topological polar surface area (TPSA) is 108 Å². The van der Waals surface area contributed by atoms with Crippen LogP contribution in [0.1, 0.15) is 58.8 Å². The fraction of sp³-hybridized carbons (Fsp3) is 0.600. The van der Waals surface area contributed by atoms with E-state index in [2.05, 4.69) is 10.6 Å². The molecule has 1 heterocycles. The number of imide groups is 1. The minimum Gasteiger partial charge on any atom is -0.495 e. The number of para-hydroxylation sites is 2. The molecule has 1 saturated carbocycles. The van der Waals surface area contributed by atoms with E-state index in [0.29, 0.717) is 43.5 Å². The summed E-state index contributed by atoms with van der Waals surface area (Å²) < 4.78 is 5.29. The Hall–Kier alpha value is -3.10. The van der Waals surface area contributed by atoms with Crippen LogP contribution < -0.4 is 15.4 Å². The molecule has 0 bridgehead atoms. The van der Waals surface area contributed by atoms with E-state index in [1.165, 1.54) is 12.0 Å². The highest BCUT2D eigenvalue weighted by atomic mass is 16.5. The number of fused-ring (bicyclic) bond motifs is 1. The van der Waals surface area contributed by atoms with Crippen LogP contribution in [0.15, 0.2) is 24.3 Å². The Morgan fingerprint density at radius 2 is 1.82 bits per heavy atom. The molecule has 0 spiro atoms. The molecule has 9 heteroatoms. The van der Waals surface area contributed by atoms with Gasteiger partial charge < -0.3 is 20.3 Å². The lowest BCUT2D eigenvalue weighted by Crippen LogP contribution is -2.63. The molecule has 1 aromatic carbocycles. The second-order valence-corrected chi connectivity index (χ2v) is 9.29. The number of carbonyl (C=O) groups is 4. The van der Waals surface area contributed by atoms with Gasteiger partial charge in [0.25, 0.3) is 0 Å². The number of hydrogen-bond acceptors (Lipinski definition) is 5. The maximum Gasteiger partial charge on any atom is 0.327 e. The normalized spacial score (nSPS) is 20.2. The van der Waals surface area contributed by atoms with Crippen LogP contribution in [0.4, 0.5) is 10.5 Å². The molecule has 0 aromatic heterocycles. The molecule has 0 radical (unpaired) electrons. The zero-order valence-electron chi connectivity index (χ0n) is 20.3. The summed E-state index contributed by atoms with van der Waals surface area (Å²) in [4.78, 5) is 54.0. The highest BCUT2D eigenvalue weighted by molar-refractivity contribution is 6.01. The van der Waals surface area contributed by atoms with Crippen LogP contribution in [0.5, 0.6) is 5.75 Å². The minimum atomic E-state index is -0.421. The third kappa shape index (κ3) is 6.27. The molecule has 2 N–H and O–H groups in total. The molecule has 1 saturated heterocycles. The van der Waals surface area contributed by atoms with Crippen LogP contribution in [-0.2, 0) is 14.4 Å². The molecule has 1 aromatic rings. The van der Waals surface area contributed by atoms with Gasteiger partial charge in [-0.15, -0.1) is 0 Å². The van der Waals surface area contributed by atoms with Gasteiger partial charge in [-0.1, -0.05) is 25.0 Å². The third-order valence-corrected chi connectivity index (χ3v) is 6.37. The standard InChI is InChI=1S/C25H36N4O5/c1-17(2)26-22(30)14-8-9-15-28-24(32)18-10-4-6-12-20(18)29(25(28)33)16-23(31)27-19-11-5-7-13-21(19)34-3/h5,7,11,13,17-18,20H,4,6,8-10,12,14-16H2,1-3H3,(H,26,30)(H,27,31). The Balaban J connectivity index is 1.65. The number of methoxy groups -OCH3 is 1. The maximum atomic E-state index is 13.3. The van der Waals surface area contributed by atoms with Gasteiger partial charge in [0.2, 0.25) is 17.7 Å². The SMILES string of the molecule is COc1ccccc1NC(=O)CN1C(=O)N(CCCCC(=O)NC(C)C)C(=O)C2CCCCC21. The Kier molecular flexibility index (Phi) is 8.90. The van der Waals surface area contributed by atoms with E-state index in [1.54, 1.807) is 23.1 Å². The first kappa shape index (κ1) is 25.5. The summed E-state index contributed by atoms with van der Waals surface area (Å²) >= 11 is 0. The minimum absolute atomic E-state index is 0.0340. The van der Waals surface area contributed by atoms with Gasteiger partial charge in [0.15, 0.2) is 0 Å². The largest absolute Gasteiger partial charge is 0.495 e. The van der Waals surface area contributed by atoms with Crippen LogP contribution in [-0.4, -0.2) is 65.8 Å². The van der Waals surface area contributed by atoms with E-state index < -0.39 is 6.03 Å². The first-order valence-electron chi connectivity index (χ1n) is 12.2. The van der Waals surface area contributed by atoms with E-state index in [9.17, 15) is 19.2 Å². The molecule has 3 rings (SSSR count). The highest BCUT2D eigenvalue weighted by Crippen LogP contribution is 2.34. The first-order valence-corrected chi connectivity index (χ1v) is 12.2. The molecule has 1 aliphatic carbocycles. The molecular weight excluding hydrogens is 436 g/mol. The molecule has 2 atom stereocenters. The molecular formula is C25H36N4O5. The van der Waals surface area contributed by atoms with Crippen molar-refractivity contribution in [1.29, 1.82) is 0 Å². The smallest absolute Gasteiger partial charge is 0.327 e.